The molecule has 1 fully saturated rings. The van der Waals surface area contributed by atoms with Gasteiger partial charge in [0.2, 0.25) is 0 Å². The summed E-state index contributed by atoms with van der Waals surface area (Å²) in [5, 5.41) is 4.26. The van der Waals surface area contributed by atoms with Crippen LogP contribution in [-0.4, -0.2) is 17.1 Å². The zero-order valence-corrected chi connectivity index (χ0v) is 13.1. The van der Waals surface area contributed by atoms with Gasteiger partial charge >= 0.3 is 6.18 Å². The van der Waals surface area contributed by atoms with Crippen LogP contribution >= 0.6 is 11.6 Å². The van der Waals surface area contributed by atoms with Gasteiger partial charge in [0.25, 0.3) is 0 Å². The van der Waals surface area contributed by atoms with E-state index in [1.807, 2.05) is 0 Å². The maximum Gasteiger partial charge on any atom is 0.433 e. The van der Waals surface area contributed by atoms with Crippen molar-refractivity contribution < 1.29 is 13.2 Å². The van der Waals surface area contributed by atoms with E-state index in [1.165, 1.54) is 12.1 Å². The molecule has 23 heavy (non-hydrogen) atoms. The molecule has 1 aromatic heterocycles. The van der Waals surface area contributed by atoms with Gasteiger partial charge in [-0.15, -0.1) is 0 Å². The lowest BCUT2D eigenvalue weighted by Gasteiger charge is -2.28. The molecule has 0 amide bonds. The zero-order valence-electron chi connectivity index (χ0n) is 12.3. The van der Waals surface area contributed by atoms with Gasteiger partial charge in [-0.2, -0.15) is 13.2 Å². The van der Waals surface area contributed by atoms with E-state index in [1.54, 1.807) is 6.07 Å². The van der Waals surface area contributed by atoms with E-state index in [0.29, 0.717) is 16.1 Å². The number of hydrogen-bond acceptors (Lipinski definition) is 3. The molecule has 1 aliphatic carbocycles. The fourth-order valence-corrected chi connectivity index (χ4v) is 3.21. The monoisotopic (exact) mass is 343 g/mol. The second-order valence-electron chi connectivity index (χ2n) is 5.98. The van der Waals surface area contributed by atoms with Crippen molar-refractivity contribution in [3.8, 4) is 0 Å². The molecular formula is C16H17ClF3N3. The summed E-state index contributed by atoms with van der Waals surface area (Å²) in [6.07, 6.45) is -0.942. The average molecular weight is 344 g/mol. The zero-order chi connectivity index (χ0) is 16.6. The lowest BCUT2D eigenvalue weighted by atomic mass is 9.91. The van der Waals surface area contributed by atoms with Crippen LogP contribution in [0.3, 0.4) is 0 Å². The molecule has 1 saturated carbocycles. The Morgan fingerprint density at radius 2 is 2.00 bits per heavy atom. The first-order valence-corrected chi connectivity index (χ1v) is 7.90. The number of nitrogens with two attached hydrogens (primary N) is 1. The summed E-state index contributed by atoms with van der Waals surface area (Å²) in [4.78, 5) is 3.71. The number of rotatable bonds is 2. The minimum Gasteiger partial charge on any atom is -0.382 e. The number of halogens is 4. The summed E-state index contributed by atoms with van der Waals surface area (Å²) >= 11 is 5.99. The Kier molecular flexibility index (Phi) is 4.38. The number of nitrogens with zero attached hydrogens (tertiary/aromatic N) is 1. The molecule has 1 aliphatic rings. The standard InChI is InChI=1S/C16H17ClF3N3/c17-9-4-5-13-12(6-9)14(8-15(23-13)16(18,19)20)22-11-3-1-2-10(21)7-11/h4-6,8,10-11H,1-3,7,21H2,(H,22,23). The van der Waals surface area contributed by atoms with Gasteiger partial charge in [0.05, 0.1) is 5.52 Å². The van der Waals surface area contributed by atoms with E-state index in [2.05, 4.69) is 10.3 Å². The highest BCUT2D eigenvalue weighted by Crippen LogP contribution is 2.35. The Morgan fingerprint density at radius 3 is 2.70 bits per heavy atom. The highest BCUT2D eigenvalue weighted by atomic mass is 35.5. The fraction of sp³-hybridized carbons (Fsp3) is 0.438. The van der Waals surface area contributed by atoms with E-state index in [4.69, 9.17) is 17.3 Å². The van der Waals surface area contributed by atoms with Crippen LogP contribution in [0.15, 0.2) is 24.3 Å². The van der Waals surface area contributed by atoms with Gasteiger partial charge in [-0.3, -0.25) is 0 Å². The van der Waals surface area contributed by atoms with E-state index < -0.39 is 11.9 Å². The van der Waals surface area contributed by atoms with Crippen LogP contribution in [0.5, 0.6) is 0 Å². The van der Waals surface area contributed by atoms with Crippen molar-refractivity contribution in [3.05, 3.63) is 35.0 Å². The predicted molar refractivity (Wildman–Crippen MR) is 85.6 cm³/mol. The normalized spacial score (nSPS) is 22.3. The van der Waals surface area contributed by atoms with Crippen molar-refractivity contribution in [2.24, 2.45) is 5.73 Å². The highest BCUT2D eigenvalue weighted by molar-refractivity contribution is 6.31. The van der Waals surface area contributed by atoms with E-state index in [0.717, 1.165) is 31.7 Å². The maximum atomic E-state index is 13.1. The molecule has 0 bridgehead atoms. The Bertz CT molecular complexity index is 718. The molecule has 1 aromatic carbocycles. The molecule has 3 N–H and O–H groups in total. The summed E-state index contributed by atoms with van der Waals surface area (Å²) in [6.45, 7) is 0. The van der Waals surface area contributed by atoms with Gasteiger partial charge in [0.15, 0.2) is 0 Å². The van der Waals surface area contributed by atoms with E-state index >= 15 is 0 Å². The third-order valence-corrected chi connectivity index (χ3v) is 4.37. The first-order valence-electron chi connectivity index (χ1n) is 7.52. The smallest absolute Gasteiger partial charge is 0.382 e. The van der Waals surface area contributed by atoms with Gasteiger partial charge < -0.3 is 11.1 Å². The Morgan fingerprint density at radius 1 is 1.22 bits per heavy atom. The van der Waals surface area contributed by atoms with Crippen molar-refractivity contribution in [1.82, 2.24) is 4.98 Å². The van der Waals surface area contributed by atoms with Gasteiger partial charge in [0.1, 0.15) is 5.69 Å². The van der Waals surface area contributed by atoms with Gasteiger partial charge in [0, 0.05) is 28.2 Å². The average Bonchev–Trinajstić information content (AvgIpc) is 2.46. The molecule has 1 heterocycles. The third kappa shape index (κ3) is 3.70. The van der Waals surface area contributed by atoms with Gasteiger partial charge in [-0.05, 0) is 49.9 Å². The number of anilines is 1. The summed E-state index contributed by atoms with van der Waals surface area (Å²) < 4.78 is 39.2. The van der Waals surface area contributed by atoms with E-state index in [9.17, 15) is 13.2 Å². The van der Waals surface area contributed by atoms with Gasteiger partial charge in [-0.25, -0.2) is 4.98 Å². The van der Waals surface area contributed by atoms with Crippen molar-refractivity contribution in [3.63, 3.8) is 0 Å². The molecule has 3 nitrogen and oxygen atoms in total. The second kappa shape index (κ2) is 6.17. The van der Waals surface area contributed by atoms with Crippen molar-refractivity contribution in [2.75, 3.05) is 5.32 Å². The first-order chi connectivity index (χ1) is 10.8. The molecular weight excluding hydrogens is 327 g/mol. The summed E-state index contributed by atoms with van der Waals surface area (Å²) in [7, 11) is 0. The lowest BCUT2D eigenvalue weighted by molar-refractivity contribution is -0.140. The fourth-order valence-electron chi connectivity index (χ4n) is 3.04. The number of nitrogens with one attached hydrogen (secondary N) is 1. The first kappa shape index (κ1) is 16.3. The van der Waals surface area contributed by atoms with E-state index in [-0.39, 0.29) is 17.6 Å². The Hall–Kier alpha value is -1.53. The second-order valence-corrected chi connectivity index (χ2v) is 6.42. The van der Waals surface area contributed by atoms with Crippen molar-refractivity contribution in [1.29, 1.82) is 0 Å². The van der Waals surface area contributed by atoms with Gasteiger partial charge in [-0.1, -0.05) is 11.6 Å². The highest BCUT2D eigenvalue weighted by Gasteiger charge is 2.33. The summed E-state index contributed by atoms with van der Waals surface area (Å²) in [5.74, 6) is 0. The largest absolute Gasteiger partial charge is 0.433 e. The van der Waals surface area contributed by atoms with Crippen LogP contribution < -0.4 is 11.1 Å². The number of benzene rings is 1. The molecule has 2 unspecified atom stereocenters. The van der Waals surface area contributed by atoms with Crippen LogP contribution in [0, 0.1) is 0 Å². The molecule has 124 valence electrons. The minimum absolute atomic E-state index is 0.0596. The molecule has 0 saturated heterocycles. The molecule has 3 rings (SSSR count). The topological polar surface area (TPSA) is 50.9 Å². The Balaban J connectivity index is 2.03. The number of hydrogen-bond donors (Lipinski definition) is 2. The molecule has 7 heteroatoms. The SMILES string of the molecule is NC1CCCC(Nc2cc(C(F)(F)F)nc3ccc(Cl)cc23)C1. The predicted octanol–water partition coefficient (Wildman–Crippen LogP) is 4.59. The quantitative estimate of drug-likeness (QED) is 0.838. The van der Waals surface area contributed by atoms with Crippen LogP contribution in [0.1, 0.15) is 31.4 Å². The minimum atomic E-state index is -4.49. The van der Waals surface area contributed by atoms with Crippen molar-refractivity contribution in [2.45, 2.75) is 43.9 Å². The number of aromatic nitrogens is 1. The number of alkyl halides is 3. The third-order valence-electron chi connectivity index (χ3n) is 4.14. The molecule has 0 aliphatic heterocycles. The number of pyridine rings is 1. The molecule has 2 aromatic rings. The van der Waals surface area contributed by atoms with Crippen LogP contribution in [-0.2, 0) is 6.18 Å². The van der Waals surface area contributed by atoms with Crippen LogP contribution in [0.25, 0.3) is 10.9 Å². The number of fused-ring (bicyclic) bond motifs is 1. The summed E-state index contributed by atoms with van der Waals surface area (Å²) in [6, 6.07) is 5.88. The maximum absolute atomic E-state index is 13.1. The van der Waals surface area contributed by atoms with Crippen molar-refractivity contribution >= 4 is 28.2 Å². The van der Waals surface area contributed by atoms with Crippen LogP contribution in [0.4, 0.5) is 18.9 Å². The molecule has 0 radical (unpaired) electrons. The molecule has 0 spiro atoms. The lowest BCUT2D eigenvalue weighted by Crippen LogP contribution is -2.35. The molecule has 2 atom stereocenters. The van der Waals surface area contributed by atoms with Crippen LogP contribution in [0.2, 0.25) is 5.02 Å². The Labute approximate surface area is 137 Å². The summed E-state index contributed by atoms with van der Waals surface area (Å²) in [5.41, 5.74) is 5.73.